The Morgan fingerprint density at radius 1 is 1.22 bits per heavy atom. The third kappa shape index (κ3) is 4.08. The lowest BCUT2D eigenvalue weighted by Crippen LogP contribution is -2.13. The minimum Gasteiger partial charge on any atom is -0.368 e. The largest absolute Gasteiger partial charge is 0.368 e. The lowest BCUT2D eigenvalue weighted by molar-refractivity contribution is 0.626. The summed E-state index contributed by atoms with van der Waals surface area (Å²) in [5.41, 5.74) is 7.61. The molecule has 8 nitrogen and oxygen atoms in total. The fraction of sp³-hybridized carbons (Fsp3) is 0.294. The first-order valence-electron chi connectivity index (χ1n) is 8.53. The van der Waals surface area contributed by atoms with Gasteiger partial charge in [-0.2, -0.15) is 20.1 Å². The Bertz CT molecular complexity index is 971. The van der Waals surface area contributed by atoms with Crippen LogP contribution in [0.3, 0.4) is 0 Å². The topological polar surface area (TPSA) is 117 Å². The van der Waals surface area contributed by atoms with Gasteiger partial charge in [-0.05, 0) is 37.5 Å². The maximum Gasteiger partial charge on any atom is 0.235 e. The van der Waals surface area contributed by atoms with Crippen LogP contribution in [0.4, 0.5) is 28.1 Å². The Kier molecular flexibility index (Phi) is 4.53. The van der Waals surface area contributed by atoms with E-state index in [0.717, 1.165) is 5.69 Å². The smallest absolute Gasteiger partial charge is 0.235 e. The summed E-state index contributed by atoms with van der Waals surface area (Å²) in [6.07, 6.45) is 2.36. The van der Waals surface area contributed by atoms with Crippen molar-refractivity contribution >= 4 is 35.3 Å². The number of rotatable bonds is 6. The maximum atomic E-state index is 13.2. The molecule has 2 aromatic heterocycles. The number of hydrogen-bond acceptors (Lipinski definition) is 7. The monoisotopic (exact) mass is 388 g/mol. The van der Waals surface area contributed by atoms with Crippen LogP contribution < -0.4 is 16.4 Å². The predicted molar refractivity (Wildman–Crippen MR) is 102 cm³/mol. The third-order valence-electron chi connectivity index (χ3n) is 4.28. The summed E-state index contributed by atoms with van der Waals surface area (Å²) in [4.78, 5) is 12.5. The van der Waals surface area contributed by atoms with Gasteiger partial charge < -0.3 is 16.4 Å². The van der Waals surface area contributed by atoms with E-state index in [4.69, 9.17) is 17.3 Å². The number of nitrogen functional groups attached to an aromatic ring is 1. The second kappa shape index (κ2) is 6.99. The number of aromatic amines is 1. The van der Waals surface area contributed by atoms with E-state index < -0.39 is 5.82 Å². The number of benzene rings is 1. The second-order valence-electron chi connectivity index (χ2n) is 6.48. The van der Waals surface area contributed by atoms with Crippen molar-refractivity contribution in [1.82, 2.24) is 25.1 Å². The van der Waals surface area contributed by atoms with Crippen LogP contribution in [0.5, 0.6) is 0 Å². The van der Waals surface area contributed by atoms with Crippen molar-refractivity contribution in [2.75, 3.05) is 16.4 Å². The van der Waals surface area contributed by atoms with Gasteiger partial charge in [0.1, 0.15) is 5.82 Å². The Morgan fingerprint density at radius 3 is 2.74 bits per heavy atom. The van der Waals surface area contributed by atoms with Crippen molar-refractivity contribution in [3.8, 4) is 0 Å². The molecule has 27 heavy (non-hydrogen) atoms. The molecule has 0 amide bonds. The van der Waals surface area contributed by atoms with Gasteiger partial charge in [0.05, 0.1) is 6.04 Å². The summed E-state index contributed by atoms with van der Waals surface area (Å²) >= 11 is 6.11. The van der Waals surface area contributed by atoms with Crippen LogP contribution in [-0.4, -0.2) is 25.1 Å². The van der Waals surface area contributed by atoms with E-state index in [1.54, 1.807) is 6.07 Å². The lowest BCUT2D eigenvalue weighted by Gasteiger charge is -2.16. The average Bonchev–Trinajstić information content (AvgIpc) is 3.34. The van der Waals surface area contributed by atoms with E-state index in [1.807, 2.05) is 13.0 Å². The van der Waals surface area contributed by atoms with Crippen LogP contribution >= 0.6 is 11.6 Å². The average molecular weight is 389 g/mol. The zero-order valence-electron chi connectivity index (χ0n) is 14.5. The van der Waals surface area contributed by atoms with Gasteiger partial charge in [0.25, 0.3) is 0 Å². The van der Waals surface area contributed by atoms with Crippen LogP contribution in [0.2, 0.25) is 5.02 Å². The van der Waals surface area contributed by atoms with Gasteiger partial charge in [-0.15, -0.1) is 0 Å². The SMILES string of the molecule is C[C@@H](Nc1nc(N)nc(Nc2cc(C3CC3)[nH]n2)n1)c1ccc(F)cc1Cl. The quantitative estimate of drug-likeness (QED) is 0.507. The number of H-pyrrole nitrogens is 1. The summed E-state index contributed by atoms with van der Waals surface area (Å²) in [5.74, 6) is 1.40. The molecule has 0 spiro atoms. The van der Waals surface area contributed by atoms with E-state index in [0.29, 0.717) is 22.3 Å². The fourth-order valence-electron chi connectivity index (χ4n) is 2.76. The predicted octanol–water partition coefficient (Wildman–Crippen LogP) is 3.76. The molecule has 1 aliphatic rings. The summed E-state index contributed by atoms with van der Waals surface area (Å²) in [7, 11) is 0. The normalized spacial score (nSPS) is 14.8. The lowest BCUT2D eigenvalue weighted by atomic mass is 10.1. The van der Waals surface area contributed by atoms with Crippen molar-refractivity contribution in [2.45, 2.75) is 31.7 Å². The molecule has 1 saturated carbocycles. The Morgan fingerprint density at radius 2 is 2.00 bits per heavy atom. The first kappa shape index (κ1) is 17.5. The number of halogens is 2. The summed E-state index contributed by atoms with van der Waals surface area (Å²) in [6.45, 7) is 1.86. The number of nitrogens with two attached hydrogens (primary N) is 1. The number of aromatic nitrogens is 5. The van der Waals surface area contributed by atoms with Crippen molar-refractivity contribution in [2.24, 2.45) is 0 Å². The van der Waals surface area contributed by atoms with Gasteiger partial charge in [-0.3, -0.25) is 5.10 Å². The highest BCUT2D eigenvalue weighted by Crippen LogP contribution is 2.39. The minimum absolute atomic E-state index is 0.0605. The van der Waals surface area contributed by atoms with Gasteiger partial charge in [-0.25, -0.2) is 4.39 Å². The zero-order valence-corrected chi connectivity index (χ0v) is 15.3. The molecule has 2 heterocycles. The van der Waals surface area contributed by atoms with Gasteiger partial charge in [0.15, 0.2) is 5.82 Å². The highest BCUT2D eigenvalue weighted by atomic mass is 35.5. The molecule has 3 aromatic rings. The summed E-state index contributed by atoms with van der Waals surface area (Å²) in [6, 6.07) is 5.90. The number of hydrogen-bond donors (Lipinski definition) is 4. The molecule has 0 bridgehead atoms. The van der Waals surface area contributed by atoms with E-state index in [9.17, 15) is 4.39 Å². The Labute approximate surface area is 159 Å². The molecule has 0 saturated heterocycles. The molecule has 1 aliphatic carbocycles. The van der Waals surface area contributed by atoms with Gasteiger partial charge in [0.2, 0.25) is 17.8 Å². The summed E-state index contributed by atoms with van der Waals surface area (Å²) < 4.78 is 13.2. The van der Waals surface area contributed by atoms with Crippen molar-refractivity contribution in [1.29, 1.82) is 0 Å². The molecule has 0 aliphatic heterocycles. The van der Waals surface area contributed by atoms with Gasteiger partial charge >= 0.3 is 0 Å². The Balaban J connectivity index is 1.50. The minimum atomic E-state index is -0.392. The first-order valence-corrected chi connectivity index (χ1v) is 8.91. The van der Waals surface area contributed by atoms with Crippen LogP contribution in [0.1, 0.15) is 43.0 Å². The van der Waals surface area contributed by atoms with Crippen molar-refractivity contribution in [3.05, 3.63) is 46.4 Å². The van der Waals surface area contributed by atoms with Crippen LogP contribution in [0, 0.1) is 5.82 Å². The molecule has 0 radical (unpaired) electrons. The maximum absolute atomic E-state index is 13.2. The molecule has 0 unspecified atom stereocenters. The van der Waals surface area contributed by atoms with E-state index >= 15 is 0 Å². The standard InChI is InChI=1S/C17H18ClFN8/c1-8(11-5-4-10(19)6-12(11)18)21-16-23-15(20)24-17(25-16)22-14-7-13(26-27-14)9-2-3-9/h4-9H,2-3H2,1H3,(H5,20,21,22,23,24,25,26,27)/t8-/m1/s1. The van der Waals surface area contributed by atoms with Crippen LogP contribution in [0.25, 0.3) is 0 Å². The van der Waals surface area contributed by atoms with E-state index in [-0.39, 0.29) is 23.9 Å². The van der Waals surface area contributed by atoms with Crippen molar-refractivity contribution < 1.29 is 4.39 Å². The molecule has 10 heteroatoms. The first-order chi connectivity index (χ1) is 13.0. The van der Waals surface area contributed by atoms with Crippen molar-refractivity contribution in [3.63, 3.8) is 0 Å². The number of anilines is 4. The highest BCUT2D eigenvalue weighted by Gasteiger charge is 2.25. The molecule has 1 atom stereocenters. The Hall–Kier alpha value is -2.94. The zero-order chi connectivity index (χ0) is 19.0. The van der Waals surface area contributed by atoms with Gasteiger partial charge in [-0.1, -0.05) is 17.7 Å². The molecule has 4 rings (SSSR count). The molecule has 140 valence electrons. The van der Waals surface area contributed by atoms with Gasteiger partial charge in [0, 0.05) is 22.7 Å². The van der Waals surface area contributed by atoms with Crippen LogP contribution in [-0.2, 0) is 0 Å². The number of nitrogens with zero attached hydrogens (tertiary/aromatic N) is 4. The van der Waals surface area contributed by atoms with E-state index in [2.05, 4.69) is 35.8 Å². The molecular weight excluding hydrogens is 371 g/mol. The summed E-state index contributed by atoms with van der Waals surface area (Å²) in [5, 5.41) is 13.7. The number of nitrogens with one attached hydrogen (secondary N) is 3. The van der Waals surface area contributed by atoms with Crippen LogP contribution in [0.15, 0.2) is 24.3 Å². The molecule has 5 N–H and O–H groups in total. The molecule has 1 fully saturated rings. The fourth-order valence-corrected chi connectivity index (χ4v) is 3.09. The highest BCUT2D eigenvalue weighted by molar-refractivity contribution is 6.31. The molecule has 1 aromatic carbocycles. The molecular formula is C17H18ClFN8. The van der Waals surface area contributed by atoms with E-state index in [1.165, 1.54) is 25.0 Å². The second-order valence-corrected chi connectivity index (χ2v) is 6.89. The third-order valence-corrected chi connectivity index (χ3v) is 4.61.